The Bertz CT molecular complexity index is 1010. The lowest BCUT2D eigenvalue weighted by molar-refractivity contribution is -0.124. The zero-order valence-electron chi connectivity index (χ0n) is 15.8. The van der Waals surface area contributed by atoms with Crippen molar-refractivity contribution in [1.29, 1.82) is 0 Å². The maximum atomic E-state index is 12.8. The molecular weight excluding hydrogens is 372 g/mol. The summed E-state index contributed by atoms with van der Waals surface area (Å²) >= 11 is 1.27. The second kappa shape index (κ2) is 6.92. The highest BCUT2D eigenvalue weighted by atomic mass is 32.2. The molecule has 6 nitrogen and oxygen atoms in total. The van der Waals surface area contributed by atoms with Crippen LogP contribution in [0.25, 0.3) is 5.70 Å². The number of carbonyl (C=O) groups excluding carboxylic acids is 2. The molecule has 0 saturated carbocycles. The quantitative estimate of drug-likeness (QED) is 0.839. The van der Waals surface area contributed by atoms with Gasteiger partial charge in [-0.2, -0.15) is 4.99 Å². The summed E-state index contributed by atoms with van der Waals surface area (Å²) in [6.07, 6.45) is 0. The summed E-state index contributed by atoms with van der Waals surface area (Å²) in [5.41, 5.74) is 5.74. The van der Waals surface area contributed by atoms with Crippen molar-refractivity contribution < 1.29 is 9.59 Å². The van der Waals surface area contributed by atoms with Gasteiger partial charge in [0, 0.05) is 11.1 Å². The second-order valence-corrected chi connectivity index (χ2v) is 8.22. The van der Waals surface area contributed by atoms with E-state index in [-0.39, 0.29) is 11.8 Å². The Morgan fingerprint density at radius 1 is 1.11 bits per heavy atom. The Hall–Kier alpha value is -2.90. The molecule has 0 saturated heterocycles. The minimum absolute atomic E-state index is 0.207. The molecule has 0 unspecified atom stereocenters. The molecule has 2 aromatic carbocycles. The first-order valence-corrected chi connectivity index (χ1v) is 9.73. The van der Waals surface area contributed by atoms with Crippen molar-refractivity contribution in [2.24, 2.45) is 4.99 Å². The van der Waals surface area contributed by atoms with Crippen LogP contribution in [0.3, 0.4) is 0 Å². The van der Waals surface area contributed by atoms with Crippen molar-refractivity contribution in [3.8, 4) is 0 Å². The molecule has 0 bridgehead atoms. The number of hydrogen-bond donors (Lipinski definition) is 2. The Kier molecular flexibility index (Phi) is 4.56. The first-order valence-electron chi connectivity index (χ1n) is 8.92. The van der Waals surface area contributed by atoms with Crippen LogP contribution < -0.4 is 10.7 Å². The third-order valence-corrected chi connectivity index (χ3v) is 5.49. The van der Waals surface area contributed by atoms with E-state index in [0.29, 0.717) is 15.8 Å². The minimum Gasteiger partial charge on any atom is -0.314 e. The largest absolute Gasteiger partial charge is 0.314 e. The number of fused-ring (bicyclic) bond motifs is 1. The first-order chi connectivity index (χ1) is 13.3. The van der Waals surface area contributed by atoms with Gasteiger partial charge < -0.3 is 5.32 Å². The lowest BCUT2D eigenvalue weighted by Gasteiger charge is -2.35. The van der Waals surface area contributed by atoms with E-state index in [1.807, 2.05) is 49.4 Å². The van der Waals surface area contributed by atoms with Crippen molar-refractivity contribution >= 4 is 34.4 Å². The van der Waals surface area contributed by atoms with Gasteiger partial charge in [-0.1, -0.05) is 48.0 Å². The SMILES string of the molecule is Cc1ccc(C(=O)NC2=C(c3ccccc3)N3NC(C)(C)C(=O)N=C3S2)cc1. The molecule has 28 heavy (non-hydrogen) atoms. The molecule has 0 radical (unpaired) electrons. The van der Waals surface area contributed by atoms with E-state index in [2.05, 4.69) is 15.7 Å². The first kappa shape index (κ1) is 18.5. The maximum absolute atomic E-state index is 12.8. The Labute approximate surface area is 167 Å². The summed E-state index contributed by atoms with van der Waals surface area (Å²) in [6, 6.07) is 17.1. The van der Waals surface area contributed by atoms with Gasteiger partial charge in [-0.25, -0.2) is 10.4 Å². The van der Waals surface area contributed by atoms with Gasteiger partial charge in [0.15, 0.2) is 5.17 Å². The number of rotatable bonds is 3. The molecule has 0 atom stereocenters. The maximum Gasteiger partial charge on any atom is 0.269 e. The number of amides is 2. The molecule has 2 aliphatic heterocycles. The van der Waals surface area contributed by atoms with E-state index in [9.17, 15) is 9.59 Å². The molecular formula is C21H20N4O2S. The zero-order valence-corrected chi connectivity index (χ0v) is 16.6. The van der Waals surface area contributed by atoms with Crippen LogP contribution >= 0.6 is 11.8 Å². The van der Waals surface area contributed by atoms with E-state index in [0.717, 1.165) is 16.8 Å². The van der Waals surface area contributed by atoms with E-state index in [4.69, 9.17) is 0 Å². The standard InChI is InChI=1S/C21H20N4O2S/c1-13-9-11-15(12-10-13)17(26)22-18-16(14-7-5-4-6-8-14)25-20(28-18)23-19(27)21(2,3)24-25/h4-12,24H,1-3H3,(H,22,26). The number of benzene rings is 2. The fourth-order valence-corrected chi connectivity index (χ4v) is 3.92. The molecule has 2 aliphatic rings. The van der Waals surface area contributed by atoms with Gasteiger partial charge in [-0.05, 0) is 44.7 Å². The molecule has 2 heterocycles. The van der Waals surface area contributed by atoms with Crippen molar-refractivity contribution in [2.75, 3.05) is 0 Å². The van der Waals surface area contributed by atoms with E-state index in [1.54, 1.807) is 31.0 Å². The minimum atomic E-state index is -0.833. The van der Waals surface area contributed by atoms with Crippen LogP contribution in [0.4, 0.5) is 0 Å². The molecule has 142 valence electrons. The van der Waals surface area contributed by atoms with Crippen LogP contribution in [0, 0.1) is 6.92 Å². The lowest BCUT2D eigenvalue weighted by Crippen LogP contribution is -2.58. The van der Waals surface area contributed by atoms with E-state index in [1.165, 1.54) is 11.8 Å². The van der Waals surface area contributed by atoms with Gasteiger partial charge in [0.1, 0.15) is 10.6 Å². The monoisotopic (exact) mass is 392 g/mol. The zero-order chi connectivity index (χ0) is 19.9. The second-order valence-electron chi connectivity index (χ2n) is 7.24. The number of hydrogen-bond acceptors (Lipinski definition) is 5. The Morgan fingerprint density at radius 3 is 2.46 bits per heavy atom. The number of aliphatic imine (C=N–C) groups is 1. The Balaban J connectivity index is 1.73. The third-order valence-electron chi connectivity index (χ3n) is 4.53. The topological polar surface area (TPSA) is 73.8 Å². The van der Waals surface area contributed by atoms with Crippen LogP contribution in [0.1, 0.15) is 35.3 Å². The number of nitrogens with one attached hydrogen (secondary N) is 2. The van der Waals surface area contributed by atoms with Gasteiger partial charge in [-0.15, -0.1) is 0 Å². The van der Waals surface area contributed by atoms with Crippen LogP contribution in [0.5, 0.6) is 0 Å². The van der Waals surface area contributed by atoms with Crippen molar-refractivity contribution in [2.45, 2.75) is 26.3 Å². The molecule has 0 fully saturated rings. The van der Waals surface area contributed by atoms with Crippen molar-refractivity contribution in [3.05, 3.63) is 76.3 Å². The van der Waals surface area contributed by atoms with E-state index < -0.39 is 5.54 Å². The number of hydrazine groups is 1. The third kappa shape index (κ3) is 3.34. The van der Waals surface area contributed by atoms with Gasteiger partial charge in [0.25, 0.3) is 11.8 Å². The predicted molar refractivity (Wildman–Crippen MR) is 111 cm³/mol. The number of nitrogens with zero attached hydrogens (tertiary/aromatic N) is 2. The normalized spacial score (nSPS) is 18.0. The molecule has 2 aromatic rings. The van der Waals surface area contributed by atoms with Gasteiger partial charge in [-0.3, -0.25) is 9.59 Å². The number of carbonyl (C=O) groups is 2. The van der Waals surface area contributed by atoms with Gasteiger partial charge in [0.05, 0.1) is 5.70 Å². The molecule has 7 heteroatoms. The van der Waals surface area contributed by atoms with Crippen LogP contribution in [-0.2, 0) is 4.79 Å². The smallest absolute Gasteiger partial charge is 0.269 e. The van der Waals surface area contributed by atoms with Crippen molar-refractivity contribution in [1.82, 2.24) is 15.8 Å². The number of amidine groups is 1. The van der Waals surface area contributed by atoms with Crippen LogP contribution in [-0.4, -0.2) is 27.5 Å². The van der Waals surface area contributed by atoms with Crippen molar-refractivity contribution in [3.63, 3.8) is 0 Å². The highest BCUT2D eigenvalue weighted by molar-refractivity contribution is 8.17. The summed E-state index contributed by atoms with van der Waals surface area (Å²) in [4.78, 5) is 29.3. The number of thioether (sulfide) groups is 1. The average Bonchev–Trinajstić information content (AvgIpc) is 2.99. The highest BCUT2D eigenvalue weighted by Gasteiger charge is 2.42. The summed E-state index contributed by atoms with van der Waals surface area (Å²) in [5, 5.41) is 5.91. The van der Waals surface area contributed by atoms with Crippen LogP contribution in [0.15, 0.2) is 64.6 Å². The summed E-state index contributed by atoms with van der Waals surface area (Å²) in [7, 11) is 0. The molecule has 4 rings (SSSR count). The van der Waals surface area contributed by atoms with Crippen LogP contribution in [0.2, 0.25) is 0 Å². The molecule has 0 aliphatic carbocycles. The van der Waals surface area contributed by atoms with E-state index >= 15 is 0 Å². The molecule has 0 spiro atoms. The summed E-state index contributed by atoms with van der Waals surface area (Å²) < 4.78 is 0. The highest BCUT2D eigenvalue weighted by Crippen LogP contribution is 2.40. The Morgan fingerprint density at radius 2 is 1.79 bits per heavy atom. The number of aryl methyl sites for hydroxylation is 1. The molecule has 2 amide bonds. The fourth-order valence-electron chi connectivity index (χ4n) is 2.93. The summed E-state index contributed by atoms with van der Waals surface area (Å²) in [6.45, 7) is 5.54. The molecule has 0 aromatic heterocycles. The van der Waals surface area contributed by atoms with Gasteiger partial charge >= 0.3 is 0 Å². The van der Waals surface area contributed by atoms with Gasteiger partial charge in [0.2, 0.25) is 0 Å². The fraction of sp³-hybridized carbons (Fsp3) is 0.190. The lowest BCUT2D eigenvalue weighted by atomic mass is 10.1. The average molecular weight is 392 g/mol. The summed E-state index contributed by atoms with van der Waals surface area (Å²) in [5.74, 6) is -0.452. The predicted octanol–water partition coefficient (Wildman–Crippen LogP) is 3.28. The molecule has 2 N–H and O–H groups in total.